The molecule has 1 unspecified atom stereocenters. The second-order valence-corrected chi connectivity index (χ2v) is 6.01. The fraction of sp³-hybridized carbons (Fsp3) is 0.235. The summed E-state index contributed by atoms with van der Waals surface area (Å²) in [6, 6.07) is 14.2. The highest BCUT2D eigenvalue weighted by molar-refractivity contribution is 9.10. The van der Waals surface area contributed by atoms with Crippen molar-refractivity contribution in [3.8, 4) is 0 Å². The van der Waals surface area contributed by atoms with Crippen LogP contribution in [0.5, 0.6) is 0 Å². The monoisotopic (exact) mass is 346 g/mol. The average molecular weight is 347 g/mol. The molecule has 0 bridgehead atoms. The zero-order valence-corrected chi connectivity index (χ0v) is 14.0. The summed E-state index contributed by atoms with van der Waals surface area (Å²) < 4.78 is 1.04. The predicted molar refractivity (Wildman–Crippen MR) is 91.7 cm³/mol. The number of amides is 1. The molecule has 0 aliphatic heterocycles. The minimum Gasteiger partial charge on any atom is -0.378 e. The minimum atomic E-state index is -0.0609. The molecule has 0 spiro atoms. The molecular formula is C17H19BrN2O. The summed E-state index contributed by atoms with van der Waals surface area (Å²) >= 11 is 3.56. The Morgan fingerprint density at radius 2 is 1.95 bits per heavy atom. The molecule has 0 fully saturated rings. The Kier molecular flexibility index (Phi) is 5.02. The molecule has 0 aliphatic carbocycles. The molecule has 2 N–H and O–H groups in total. The van der Waals surface area contributed by atoms with Crippen molar-refractivity contribution in [3.63, 3.8) is 0 Å². The van der Waals surface area contributed by atoms with Crippen molar-refractivity contribution < 1.29 is 4.79 Å². The number of hydrogen-bond acceptors (Lipinski definition) is 2. The van der Waals surface area contributed by atoms with Crippen molar-refractivity contribution >= 4 is 33.2 Å². The highest BCUT2D eigenvalue weighted by Crippen LogP contribution is 2.28. The Balaban J connectivity index is 2.18. The molecule has 0 saturated heterocycles. The molecule has 0 radical (unpaired) electrons. The minimum absolute atomic E-state index is 0.0609. The van der Waals surface area contributed by atoms with Crippen LogP contribution in [0, 0.1) is 6.92 Å². The van der Waals surface area contributed by atoms with Crippen LogP contribution in [0.25, 0.3) is 0 Å². The Hall–Kier alpha value is -1.81. The molecule has 110 valence electrons. The van der Waals surface area contributed by atoms with Gasteiger partial charge in [0.05, 0.1) is 0 Å². The quantitative estimate of drug-likeness (QED) is 0.827. The van der Waals surface area contributed by atoms with E-state index in [0.717, 1.165) is 21.4 Å². The molecule has 21 heavy (non-hydrogen) atoms. The molecule has 4 heteroatoms. The molecule has 0 saturated carbocycles. The number of benzene rings is 2. The van der Waals surface area contributed by atoms with E-state index in [2.05, 4.69) is 52.5 Å². The molecule has 0 aliphatic rings. The maximum absolute atomic E-state index is 11.1. The van der Waals surface area contributed by atoms with Gasteiger partial charge in [-0.1, -0.05) is 18.2 Å². The van der Waals surface area contributed by atoms with E-state index >= 15 is 0 Å². The second-order valence-electron chi connectivity index (χ2n) is 5.16. The fourth-order valence-corrected chi connectivity index (χ4v) is 2.52. The van der Waals surface area contributed by atoms with Gasteiger partial charge in [-0.05, 0) is 65.2 Å². The van der Waals surface area contributed by atoms with Gasteiger partial charge in [-0.3, -0.25) is 4.79 Å². The Morgan fingerprint density at radius 3 is 2.67 bits per heavy atom. The molecule has 0 heterocycles. The van der Waals surface area contributed by atoms with Crippen molar-refractivity contribution in [3.05, 3.63) is 58.1 Å². The molecule has 2 aromatic carbocycles. The lowest BCUT2D eigenvalue weighted by molar-refractivity contribution is -0.114. The van der Waals surface area contributed by atoms with E-state index in [4.69, 9.17) is 0 Å². The van der Waals surface area contributed by atoms with Gasteiger partial charge in [0.1, 0.15) is 0 Å². The standard InChI is InChI=1S/C17H19BrN2O/c1-11-7-8-16(18)17(9-11)19-12(2)14-5-4-6-15(10-14)20-13(3)21/h4-10,12,19H,1-3H3,(H,20,21). The SMILES string of the molecule is CC(=O)Nc1cccc(C(C)Nc2cc(C)ccc2Br)c1. The number of carbonyl (C=O) groups excluding carboxylic acids is 1. The number of rotatable bonds is 4. The van der Waals surface area contributed by atoms with Crippen molar-refractivity contribution in [2.45, 2.75) is 26.8 Å². The maximum atomic E-state index is 11.1. The van der Waals surface area contributed by atoms with Crippen LogP contribution in [0.3, 0.4) is 0 Å². The van der Waals surface area contributed by atoms with Crippen LogP contribution < -0.4 is 10.6 Å². The van der Waals surface area contributed by atoms with Gasteiger partial charge in [0.15, 0.2) is 0 Å². The van der Waals surface area contributed by atoms with E-state index in [-0.39, 0.29) is 11.9 Å². The molecule has 2 rings (SSSR count). The summed E-state index contributed by atoms with van der Waals surface area (Å²) in [5, 5.41) is 6.30. The summed E-state index contributed by atoms with van der Waals surface area (Å²) in [6.45, 7) is 5.68. The largest absolute Gasteiger partial charge is 0.378 e. The third-order valence-electron chi connectivity index (χ3n) is 3.20. The first kappa shape index (κ1) is 15.6. The van der Waals surface area contributed by atoms with E-state index in [9.17, 15) is 4.79 Å². The number of anilines is 2. The summed E-state index contributed by atoms with van der Waals surface area (Å²) in [7, 11) is 0. The Bertz CT molecular complexity index is 655. The summed E-state index contributed by atoms with van der Waals surface area (Å²) in [6.07, 6.45) is 0. The van der Waals surface area contributed by atoms with E-state index in [1.54, 1.807) is 0 Å². The third-order valence-corrected chi connectivity index (χ3v) is 3.89. The lowest BCUT2D eigenvalue weighted by Gasteiger charge is -2.18. The summed E-state index contributed by atoms with van der Waals surface area (Å²) in [4.78, 5) is 11.1. The molecule has 1 atom stereocenters. The van der Waals surface area contributed by atoms with Crippen molar-refractivity contribution in [2.24, 2.45) is 0 Å². The van der Waals surface area contributed by atoms with Crippen molar-refractivity contribution in [1.29, 1.82) is 0 Å². The van der Waals surface area contributed by atoms with Gasteiger partial charge in [0, 0.05) is 28.8 Å². The van der Waals surface area contributed by atoms with E-state index in [1.807, 2.05) is 30.3 Å². The lowest BCUT2D eigenvalue weighted by atomic mass is 10.1. The first-order valence-corrected chi connectivity index (χ1v) is 7.65. The number of nitrogens with one attached hydrogen (secondary N) is 2. The van der Waals surface area contributed by atoms with Gasteiger partial charge in [0.25, 0.3) is 0 Å². The van der Waals surface area contributed by atoms with E-state index in [0.29, 0.717) is 0 Å². The number of hydrogen-bond donors (Lipinski definition) is 2. The fourth-order valence-electron chi connectivity index (χ4n) is 2.16. The topological polar surface area (TPSA) is 41.1 Å². The molecular weight excluding hydrogens is 328 g/mol. The van der Waals surface area contributed by atoms with Gasteiger partial charge in [-0.15, -0.1) is 0 Å². The number of aryl methyl sites for hydroxylation is 1. The molecule has 2 aromatic rings. The van der Waals surface area contributed by atoms with Crippen LogP contribution in [-0.4, -0.2) is 5.91 Å². The first-order chi connectivity index (χ1) is 9.95. The summed E-state index contributed by atoms with van der Waals surface area (Å²) in [5.41, 5.74) is 4.21. The van der Waals surface area contributed by atoms with Crippen LogP contribution in [0.15, 0.2) is 46.9 Å². The highest BCUT2D eigenvalue weighted by Gasteiger charge is 2.08. The predicted octanol–water partition coefficient (Wildman–Crippen LogP) is 4.89. The Labute approximate surface area is 133 Å². The normalized spacial score (nSPS) is 11.8. The Morgan fingerprint density at radius 1 is 1.19 bits per heavy atom. The smallest absolute Gasteiger partial charge is 0.221 e. The number of carbonyl (C=O) groups is 1. The van der Waals surface area contributed by atoms with Crippen LogP contribution in [-0.2, 0) is 4.79 Å². The van der Waals surface area contributed by atoms with Gasteiger partial charge >= 0.3 is 0 Å². The molecule has 1 amide bonds. The van der Waals surface area contributed by atoms with Crippen molar-refractivity contribution in [2.75, 3.05) is 10.6 Å². The maximum Gasteiger partial charge on any atom is 0.221 e. The van der Waals surface area contributed by atoms with Crippen LogP contribution in [0.1, 0.15) is 31.0 Å². The lowest BCUT2D eigenvalue weighted by Crippen LogP contribution is -2.09. The molecule has 0 aromatic heterocycles. The second kappa shape index (κ2) is 6.76. The van der Waals surface area contributed by atoms with Crippen LogP contribution in [0.4, 0.5) is 11.4 Å². The summed E-state index contributed by atoms with van der Waals surface area (Å²) in [5.74, 6) is -0.0609. The van der Waals surface area contributed by atoms with Gasteiger partial charge in [-0.25, -0.2) is 0 Å². The van der Waals surface area contributed by atoms with Crippen LogP contribution in [0.2, 0.25) is 0 Å². The molecule has 3 nitrogen and oxygen atoms in total. The zero-order chi connectivity index (χ0) is 15.4. The van der Waals surface area contributed by atoms with Gasteiger partial charge < -0.3 is 10.6 Å². The number of halogens is 1. The van der Waals surface area contributed by atoms with Crippen LogP contribution >= 0.6 is 15.9 Å². The van der Waals surface area contributed by atoms with Crippen molar-refractivity contribution in [1.82, 2.24) is 0 Å². The average Bonchev–Trinajstić information content (AvgIpc) is 2.42. The highest BCUT2D eigenvalue weighted by atomic mass is 79.9. The first-order valence-electron chi connectivity index (χ1n) is 6.86. The van der Waals surface area contributed by atoms with E-state index in [1.165, 1.54) is 12.5 Å². The zero-order valence-electron chi connectivity index (χ0n) is 12.4. The van der Waals surface area contributed by atoms with Gasteiger partial charge in [-0.2, -0.15) is 0 Å². The van der Waals surface area contributed by atoms with Gasteiger partial charge in [0.2, 0.25) is 5.91 Å². The third kappa shape index (κ3) is 4.33. The van der Waals surface area contributed by atoms with E-state index < -0.39 is 0 Å².